The molecule has 104 valence electrons. The van der Waals surface area contributed by atoms with Gasteiger partial charge < -0.3 is 22.1 Å². The molecular weight excluding hydrogens is 244 g/mol. The number of nitrogen functional groups attached to an aromatic ring is 1. The predicted molar refractivity (Wildman–Crippen MR) is 75.7 cm³/mol. The quantitative estimate of drug-likeness (QED) is 0.586. The number of rotatable bonds is 5. The van der Waals surface area contributed by atoms with Gasteiger partial charge in [0.05, 0.1) is 5.56 Å². The number of benzene rings is 1. The van der Waals surface area contributed by atoms with E-state index in [-0.39, 0.29) is 17.5 Å². The van der Waals surface area contributed by atoms with Crippen molar-refractivity contribution < 1.29 is 9.59 Å². The molecule has 1 rings (SSSR count). The molecule has 0 radical (unpaired) electrons. The van der Waals surface area contributed by atoms with Crippen LogP contribution in [0, 0.1) is 0 Å². The summed E-state index contributed by atoms with van der Waals surface area (Å²) in [4.78, 5) is 23.1. The lowest BCUT2D eigenvalue weighted by Crippen LogP contribution is -2.41. The number of nitrogens with two attached hydrogens (primary N) is 2. The Morgan fingerprint density at radius 3 is 2.37 bits per heavy atom. The minimum atomic E-state index is -0.591. The van der Waals surface area contributed by atoms with Gasteiger partial charge in [0.15, 0.2) is 0 Å². The van der Waals surface area contributed by atoms with Gasteiger partial charge in [-0.2, -0.15) is 0 Å². The topological polar surface area (TPSA) is 110 Å². The van der Waals surface area contributed by atoms with Gasteiger partial charge in [-0.25, -0.2) is 0 Å². The second-order valence-corrected chi connectivity index (χ2v) is 4.70. The van der Waals surface area contributed by atoms with Crippen molar-refractivity contribution in [2.24, 2.45) is 5.73 Å². The molecule has 0 fully saturated rings. The van der Waals surface area contributed by atoms with E-state index in [2.05, 4.69) is 10.6 Å². The van der Waals surface area contributed by atoms with E-state index in [9.17, 15) is 9.59 Å². The highest BCUT2D eigenvalue weighted by molar-refractivity contribution is 6.00. The average Bonchev–Trinajstić information content (AvgIpc) is 2.30. The van der Waals surface area contributed by atoms with Crippen molar-refractivity contribution in [2.45, 2.75) is 32.9 Å². The Morgan fingerprint density at radius 2 is 1.84 bits per heavy atom. The first-order chi connectivity index (χ1) is 8.81. The predicted octanol–water partition coefficient (Wildman–Crippen LogP) is 0.693. The molecule has 0 aliphatic heterocycles. The molecule has 2 amide bonds. The van der Waals surface area contributed by atoms with E-state index >= 15 is 0 Å². The summed E-state index contributed by atoms with van der Waals surface area (Å²) >= 11 is 0. The number of hydrogen-bond donors (Lipinski definition) is 4. The number of primary amides is 1. The fraction of sp³-hybridized carbons (Fsp3) is 0.385. The average molecular weight is 264 g/mol. The summed E-state index contributed by atoms with van der Waals surface area (Å²) in [6, 6.07) is 4.33. The van der Waals surface area contributed by atoms with Crippen LogP contribution in [0.2, 0.25) is 0 Å². The zero-order valence-corrected chi connectivity index (χ0v) is 11.4. The number of hydrogen-bond acceptors (Lipinski definition) is 4. The van der Waals surface area contributed by atoms with Crippen LogP contribution < -0.4 is 22.1 Å². The van der Waals surface area contributed by atoms with E-state index in [1.54, 1.807) is 19.1 Å². The van der Waals surface area contributed by atoms with Gasteiger partial charge in [0.2, 0.25) is 5.91 Å². The van der Waals surface area contributed by atoms with Gasteiger partial charge in [-0.05, 0) is 39.0 Å². The van der Waals surface area contributed by atoms with E-state index in [1.807, 2.05) is 13.8 Å². The van der Waals surface area contributed by atoms with Crippen molar-refractivity contribution >= 4 is 23.2 Å². The van der Waals surface area contributed by atoms with E-state index < -0.39 is 11.9 Å². The molecule has 6 heteroatoms. The smallest absolute Gasteiger partial charge is 0.250 e. The minimum Gasteiger partial charge on any atom is -0.399 e. The van der Waals surface area contributed by atoms with Crippen molar-refractivity contribution in [1.82, 2.24) is 5.32 Å². The minimum absolute atomic E-state index is 0.0544. The van der Waals surface area contributed by atoms with Gasteiger partial charge in [0.1, 0.15) is 6.04 Å². The number of nitrogens with one attached hydrogen (secondary N) is 2. The molecule has 0 spiro atoms. The molecule has 1 aromatic rings. The Balaban J connectivity index is 2.87. The van der Waals surface area contributed by atoms with E-state index in [1.165, 1.54) is 6.07 Å². The number of carbonyl (C=O) groups is 2. The zero-order chi connectivity index (χ0) is 14.6. The van der Waals surface area contributed by atoms with Crippen molar-refractivity contribution in [3.63, 3.8) is 0 Å². The molecule has 0 heterocycles. The zero-order valence-electron chi connectivity index (χ0n) is 11.4. The molecule has 1 aromatic carbocycles. The number of carbonyl (C=O) groups excluding carboxylic acids is 2. The third kappa shape index (κ3) is 4.17. The van der Waals surface area contributed by atoms with Crippen LogP contribution >= 0.6 is 0 Å². The SMILES string of the molecule is CC(C)NC(=O)C(C)Nc1ccc(N)cc1C(N)=O. The standard InChI is InChI=1S/C13H20N4O2/c1-7(2)16-13(19)8(3)17-11-5-4-9(14)6-10(11)12(15)18/h4-8,17H,14H2,1-3H3,(H2,15,18)(H,16,19). The van der Waals surface area contributed by atoms with Crippen molar-refractivity contribution in [2.75, 3.05) is 11.1 Å². The summed E-state index contributed by atoms with van der Waals surface area (Å²) in [6.07, 6.45) is 0. The molecule has 0 saturated heterocycles. The monoisotopic (exact) mass is 264 g/mol. The van der Waals surface area contributed by atoms with Crippen LogP contribution in [0.25, 0.3) is 0 Å². The van der Waals surface area contributed by atoms with E-state index in [0.29, 0.717) is 11.4 Å². The maximum Gasteiger partial charge on any atom is 0.250 e. The molecular formula is C13H20N4O2. The third-order valence-corrected chi connectivity index (χ3v) is 2.51. The highest BCUT2D eigenvalue weighted by Crippen LogP contribution is 2.19. The molecule has 0 aromatic heterocycles. The molecule has 6 N–H and O–H groups in total. The largest absolute Gasteiger partial charge is 0.399 e. The molecule has 0 aliphatic rings. The molecule has 0 aliphatic carbocycles. The molecule has 1 atom stereocenters. The lowest BCUT2D eigenvalue weighted by Gasteiger charge is -2.18. The van der Waals surface area contributed by atoms with Crippen LogP contribution in [0.15, 0.2) is 18.2 Å². The number of anilines is 2. The summed E-state index contributed by atoms with van der Waals surface area (Å²) in [5.41, 5.74) is 12.1. The Labute approximate surface area is 112 Å². The summed E-state index contributed by atoms with van der Waals surface area (Å²) in [5, 5.41) is 5.74. The molecule has 6 nitrogen and oxygen atoms in total. The summed E-state index contributed by atoms with van der Waals surface area (Å²) in [6.45, 7) is 5.46. The fourth-order valence-electron chi connectivity index (χ4n) is 1.60. The van der Waals surface area contributed by atoms with Crippen molar-refractivity contribution in [3.8, 4) is 0 Å². The molecule has 0 saturated carbocycles. The highest BCUT2D eigenvalue weighted by Gasteiger charge is 2.16. The van der Waals surface area contributed by atoms with Crippen LogP contribution in [0.3, 0.4) is 0 Å². The Kier molecular flexibility index (Phi) is 4.74. The summed E-state index contributed by atoms with van der Waals surface area (Å²) in [5.74, 6) is -0.742. The van der Waals surface area contributed by atoms with Gasteiger partial charge in [-0.3, -0.25) is 9.59 Å². The highest BCUT2D eigenvalue weighted by atomic mass is 16.2. The molecule has 0 bridgehead atoms. The van der Waals surface area contributed by atoms with Crippen LogP contribution in [-0.2, 0) is 4.79 Å². The number of amides is 2. The van der Waals surface area contributed by atoms with Gasteiger partial charge in [-0.15, -0.1) is 0 Å². The lowest BCUT2D eigenvalue weighted by atomic mass is 10.1. The van der Waals surface area contributed by atoms with Crippen LogP contribution in [0.4, 0.5) is 11.4 Å². The normalized spacial score (nSPS) is 12.0. The van der Waals surface area contributed by atoms with Crippen molar-refractivity contribution in [3.05, 3.63) is 23.8 Å². The first-order valence-corrected chi connectivity index (χ1v) is 6.07. The van der Waals surface area contributed by atoms with Gasteiger partial charge in [0, 0.05) is 17.4 Å². The van der Waals surface area contributed by atoms with Gasteiger partial charge >= 0.3 is 0 Å². The maximum absolute atomic E-state index is 11.8. The first-order valence-electron chi connectivity index (χ1n) is 6.07. The second-order valence-electron chi connectivity index (χ2n) is 4.70. The summed E-state index contributed by atoms with van der Waals surface area (Å²) < 4.78 is 0. The maximum atomic E-state index is 11.8. The molecule has 1 unspecified atom stereocenters. The Bertz CT molecular complexity index is 486. The van der Waals surface area contributed by atoms with Crippen LogP contribution in [0.5, 0.6) is 0 Å². The summed E-state index contributed by atoms with van der Waals surface area (Å²) in [7, 11) is 0. The molecule has 19 heavy (non-hydrogen) atoms. The van der Waals surface area contributed by atoms with Crippen molar-refractivity contribution in [1.29, 1.82) is 0 Å². The lowest BCUT2D eigenvalue weighted by molar-refractivity contribution is -0.122. The fourth-order valence-corrected chi connectivity index (χ4v) is 1.60. The first kappa shape index (κ1) is 14.8. The Morgan fingerprint density at radius 1 is 1.21 bits per heavy atom. The third-order valence-electron chi connectivity index (χ3n) is 2.51. The van der Waals surface area contributed by atoms with Crippen LogP contribution in [0.1, 0.15) is 31.1 Å². The second kappa shape index (κ2) is 6.08. The van der Waals surface area contributed by atoms with E-state index in [0.717, 1.165) is 0 Å². The van der Waals surface area contributed by atoms with E-state index in [4.69, 9.17) is 11.5 Å². The van der Waals surface area contributed by atoms with Crippen LogP contribution in [-0.4, -0.2) is 23.9 Å². The van der Waals surface area contributed by atoms with Gasteiger partial charge in [0.25, 0.3) is 5.91 Å². The Hall–Kier alpha value is -2.24. The van der Waals surface area contributed by atoms with Gasteiger partial charge in [-0.1, -0.05) is 0 Å².